The minimum atomic E-state index is 0.775. The summed E-state index contributed by atoms with van der Waals surface area (Å²) < 4.78 is 1.20. The lowest BCUT2D eigenvalue weighted by molar-refractivity contribution is 0.425. The highest BCUT2D eigenvalue weighted by atomic mass is 79.9. The zero-order valence-electron chi connectivity index (χ0n) is 11.3. The van der Waals surface area contributed by atoms with Gasteiger partial charge >= 0.3 is 0 Å². The molecule has 1 aliphatic carbocycles. The number of rotatable bonds is 8. The molecule has 1 unspecified atom stereocenters. The van der Waals surface area contributed by atoms with E-state index in [0.717, 1.165) is 12.0 Å². The molecule has 1 aromatic rings. The van der Waals surface area contributed by atoms with Gasteiger partial charge in [0.2, 0.25) is 0 Å². The summed E-state index contributed by atoms with van der Waals surface area (Å²) in [5.74, 6) is 0.971. The summed E-state index contributed by atoms with van der Waals surface area (Å²) in [5.41, 5.74) is 1.45. The van der Waals surface area contributed by atoms with E-state index in [1.165, 1.54) is 55.1 Å². The second kappa shape index (κ2) is 7.30. The molecule has 0 aliphatic heterocycles. The van der Waals surface area contributed by atoms with Crippen LogP contribution in [-0.4, -0.2) is 12.6 Å². The molecule has 2 rings (SSSR count). The van der Waals surface area contributed by atoms with E-state index in [2.05, 4.69) is 52.4 Å². The molecule has 1 aliphatic rings. The largest absolute Gasteiger partial charge is 0.314 e. The van der Waals surface area contributed by atoms with E-state index in [9.17, 15) is 0 Å². The van der Waals surface area contributed by atoms with Crippen LogP contribution in [0.5, 0.6) is 0 Å². The first-order valence-corrected chi connectivity index (χ1v) is 8.06. The van der Waals surface area contributed by atoms with Crippen molar-refractivity contribution >= 4 is 15.9 Å². The molecule has 0 spiro atoms. The summed E-state index contributed by atoms with van der Waals surface area (Å²) in [6, 6.07) is 9.48. The Hall–Kier alpha value is -0.340. The van der Waals surface area contributed by atoms with Crippen LogP contribution in [0.25, 0.3) is 0 Å². The van der Waals surface area contributed by atoms with Crippen molar-refractivity contribution in [3.8, 4) is 0 Å². The lowest BCUT2D eigenvalue weighted by Gasteiger charge is -2.17. The Bertz CT molecular complexity index is 360. The first kappa shape index (κ1) is 14.1. The molecule has 18 heavy (non-hydrogen) atoms. The lowest BCUT2D eigenvalue weighted by Crippen LogP contribution is -2.31. The van der Waals surface area contributed by atoms with Crippen LogP contribution in [0.2, 0.25) is 0 Å². The van der Waals surface area contributed by atoms with Gasteiger partial charge in [-0.25, -0.2) is 0 Å². The van der Waals surface area contributed by atoms with Crippen LogP contribution >= 0.6 is 15.9 Å². The molecule has 2 heteroatoms. The Morgan fingerprint density at radius 3 is 2.89 bits per heavy atom. The average Bonchev–Trinajstić information content (AvgIpc) is 3.18. The van der Waals surface area contributed by atoms with E-state index in [1.54, 1.807) is 0 Å². The van der Waals surface area contributed by atoms with Gasteiger partial charge in [0, 0.05) is 10.5 Å². The number of hydrogen-bond acceptors (Lipinski definition) is 1. The van der Waals surface area contributed by atoms with E-state index < -0.39 is 0 Å². The molecular weight excluding hydrogens is 286 g/mol. The fraction of sp³-hybridized carbons (Fsp3) is 0.625. The van der Waals surface area contributed by atoms with Crippen molar-refractivity contribution in [2.24, 2.45) is 5.92 Å². The summed E-state index contributed by atoms with van der Waals surface area (Å²) in [4.78, 5) is 0. The minimum Gasteiger partial charge on any atom is -0.314 e. The van der Waals surface area contributed by atoms with E-state index in [-0.39, 0.29) is 0 Å². The van der Waals surface area contributed by atoms with Crippen LogP contribution in [0.15, 0.2) is 28.7 Å². The Morgan fingerprint density at radius 1 is 1.39 bits per heavy atom. The quantitative estimate of drug-likeness (QED) is 0.743. The Morgan fingerprint density at radius 2 is 2.22 bits per heavy atom. The lowest BCUT2D eigenvalue weighted by atomic mass is 10.0. The van der Waals surface area contributed by atoms with Crippen molar-refractivity contribution in [3.05, 3.63) is 34.3 Å². The predicted molar refractivity (Wildman–Crippen MR) is 81.9 cm³/mol. The molecule has 1 saturated carbocycles. The number of benzene rings is 1. The third kappa shape index (κ3) is 4.74. The molecule has 100 valence electrons. The molecule has 1 atom stereocenters. The molecule has 1 nitrogen and oxygen atoms in total. The maximum absolute atomic E-state index is 3.72. The zero-order chi connectivity index (χ0) is 12.8. The van der Waals surface area contributed by atoms with E-state index in [1.807, 2.05) is 0 Å². The number of aryl methyl sites for hydroxylation is 1. The van der Waals surface area contributed by atoms with E-state index in [0.29, 0.717) is 0 Å². The minimum absolute atomic E-state index is 0.775. The second-order valence-electron chi connectivity index (χ2n) is 5.42. The smallest absolute Gasteiger partial charge is 0.0177 e. The van der Waals surface area contributed by atoms with Crippen LogP contribution < -0.4 is 5.32 Å². The highest BCUT2D eigenvalue weighted by Crippen LogP contribution is 2.34. The van der Waals surface area contributed by atoms with Gasteiger partial charge in [-0.15, -0.1) is 0 Å². The van der Waals surface area contributed by atoms with Crippen LogP contribution in [-0.2, 0) is 6.42 Å². The van der Waals surface area contributed by atoms with Gasteiger partial charge in [0.1, 0.15) is 0 Å². The monoisotopic (exact) mass is 309 g/mol. The molecule has 0 saturated heterocycles. The highest BCUT2D eigenvalue weighted by molar-refractivity contribution is 9.10. The Kier molecular flexibility index (Phi) is 5.71. The normalized spacial score (nSPS) is 16.8. The van der Waals surface area contributed by atoms with Crippen LogP contribution in [0, 0.1) is 5.92 Å². The van der Waals surface area contributed by atoms with Gasteiger partial charge in [-0.2, -0.15) is 0 Å². The topological polar surface area (TPSA) is 12.0 Å². The molecular formula is C16H24BrN. The first-order valence-electron chi connectivity index (χ1n) is 7.27. The number of halogens is 1. The van der Waals surface area contributed by atoms with Crippen LogP contribution in [0.1, 0.15) is 44.6 Å². The number of nitrogens with one attached hydrogen (secondary N) is 1. The van der Waals surface area contributed by atoms with Crippen molar-refractivity contribution in [2.75, 3.05) is 6.54 Å². The third-order valence-electron chi connectivity index (χ3n) is 3.72. The van der Waals surface area contributed by atoms with Crippen molar-refractivity contribution in [1.82, 2.24) is 5.32 Å². The van der Waals surface area contributed by atoms with Gasteiger partial charge in [0.05, 0.1) is 0 Å². The standard InChI is InChI=1S/C16H24BrN/c1-2-11-18-16(14-9-10-14)8-4-6-13-5-3-7-15(17)12-13/h3,5,7,12,14,16,18H,2,4,6,8-11H2,1H3. The fourth-order valence-electron chi connectivity index (χ4n) is 2.55. The fourth-order valence-corrected chi connectivity index (χ4v) is 3.00. The van der Waals surface area contributed by atoms with Crippen LogP contribution in [0.4, 0.5) is 0 Å². The molecule has 0 radical (unpaired) electrons. The molecule has 0 aromatic heterocycles. The predicted octanol–water partition coefficient (Wildman–Crippen LogP) is 4.55. The van der Waals surface area contributed by atoms with Gasteiger partial charge in [-0.05, 0) is 68.7 Å². The Balaban J connectivity index is 1.72. The van der Waals surface area contributed by atoms with Crippen molar-refractivity contribution in [1.29, 1.82) is 0 Å². The van der Waals surface area contributed by atoms with E-state index in [4.69, 9.17) is 0 Å². The van der Waals surface area contributed by atoms with Crippen molar-refractivity contribution < 1.29 is 0 Å². The van der Waals surface area contributed by atoms with Crippen molar-refractivity contribution in [2.45, 2.75) is 51.5 Å². The molecule has 0 amide bonds. The third-order valence-corrected chi connectivity index (χ3v) is 4.21. The summed E-state index contributed by atoms with van der Waals surface area (Å²) in [5, 5.41) is 3.72. The van der Waals surface area contributed by atoms with Gasteiger partial charge in [0.15, 0.2) is 0 Å². The van der Waals surface area contributed by atoms with Crippen molar-refractivity contribution in [3.63, 3.8) is 0 Å². The summed E-state index contributed by atoms with van der Waals surface area (Å²) >= 11 is 3.54. The SMILES string of the molecule is CCCNC(CCCc1cccc(Br)c1)C1CC1. The maximum atomic E-state index is 3.72. The molecule has 1 N–H and O–H groups in total. The van der Waals surface area contributed by atoms with Gasteiger partial charge in [-0.1, -0.05) is 35.0 Å². The maximum Gasteiger partial charge on any atom is 0.0177 e. The number of hydrogen-bond donors (Lipinski definition) is 1. The van der Waals surface area contributed by atoms with Gasteiger partial charge < -0.3 is 5.32 Å². The summed E-state index contributed by atoms with van der Waals surface area (Å²) in [6.07, 6.45) is 7.97. The Labute approximate surface area is 119 Å². The average molecular weight is 310 g/mol. The summed E-state index contributed by atoms with van der Waals surface area (Å²) in [7, 11) is 0. The molecule has 0 heterocycles. The molecule has 0 bridgehead atoms. The van der Waals surface area contributed by atoms with E-state index >= 15 is 0 Å². The first-order chi connectivity index (χ1) is 8.79. The van der Waals surface area contributed by atoms with Crippen LogP contribution in [0.3, 0.4) is 0 Å². The van der Waals surface area contributed by atoms with Gasteiger partial charge in [0.25, 0.3) is 0 Å². The zero-order valence-corrected chi connectivity index (χ0v) is 12.9. The molecule has 1 fully saturated rings. The molecule has 1 aromatic carbocycles. The summed E-state index contributed by atoms with van der Waals surface area (Å²) in [6.45, 7) is 3.43. The van der Waals surface area contributed by atoms with Gasteiger partial charge in [-0.3, -0.25) is 0 Å². The second-order valence-corrected chi connectivity index (χ2v) is 6.34. The highest BCUT2D eigenvalue weighted by Gasteiger charge is 2.29.